The van der Waals surface area contributed by atoms with Gasteiger partial charge in [0.15, 0.2) is 5.13 Å². The van der Waals surface area contributed by atoms with E-state index in [1.807, 2.05) is 17.5 Å². The smallest absolute Gasteiger partial charge is 0.182 e. The third kappa shape index (κ3) is 2.97. The second-order valence-electron chi connectivity index (χ2n) is 3.75. The van der Waals surface area contributed by atoms with Crippen molar-refractivity contribution in [1.82, 2.24) is 4.98 Å². The van der Waals surface area contributed by atoms with E-state index >= 15 is 0 Å². The van der Waals surface area contributed by atoms with Crippen molar-refractivity contribution in [2.75, 3.05) is 5.32 Å². The molecule has 2 N–H and O–H groups in total. The first-order valence-corrected chi connectivity index (χ1v) is 6.06. The van der Waals surface area contributed by atoms with E-state index < -0.39 is 0 Å². The van der Waals surface area contributed by atoms with Gasteiger partial charge in [0.25, 0.3) is 0 Å². The zero-order valence-electron chi connectivity index (χ0n) is 9.05. The van der Waals surface area contributed by atoms with E-state index in [9.17, 15) is 5.11 Å². The van der Waals surface area contributed by atoms with Gasteiger partial charge in [-0.2, -0.15) is 0 Å². The average Bonchev–Trinajstić information content (AvgIpc) is 2.74. The van der Waals surface area contributed by atoms with Crippen molar-refractivity contribution >= 4 is 16.5 Å². The number of hydrogen-bond acceptors (Lipinski definition) is 4. The highest BCUT2D eigenvalue weighted by molar-refractivity contribution is 7.13. The van der Waals surface area contributed by atoms with E-state index in [-0.39, 0.29) is 0 Å². The molecule has 1 unspecified atom stereocenters. The van der Waals surface area contributed by atoms with Crippen LogP contribution < -0.4 is 5.32 Å². The highest BCUT2D eigenvalue weighted by atomic mass is 32.1. The minimum atomic E-state index is 0.310. The average molecular weight is 234 g/mol. The molecule has 3 nitrogen and oxygen atoms in total. The molecule has 0 saturated heterocycles. The van der Waals surface area contributed by atoms with Crippen LogP contribution in [-0.4, -0.2) is 16.1 Å². The molecule has 0 spiro atoms. The zero-order valence-corrected chi connectivity index (χ0v) is 9.87. The Morgan fingerprint density at radius 1 is 1.38 bits per heavy atom. The Morgan fingerprint density at radius 2 is 2.12 bits per heavy atom. The van der Waals surface area contributed by atoms with E-state index in [4.69, 9.17) is 0 Å². The van der Waals surface area contributed by atoms with Gasteiger partial charge in [-0.15, -0.1) is 11.3 Å². The number of nitrogens with zero attached hydrogens (tertiary/aromatic N) is 1. The Kier molecular flexibility index (Phi) is 3.41. The van der Waals surface area contributed by atoms with Crippen LogP contribution in [0.1, 0.15) is 12.5 Å². The summed E-state index contributed by atoms with van der Waals surface area (Å²) >= 11 is 1.60. The second-order valence-corrected chi connectivity index (χ2v) is 4.65. The van der Waals surface area contributed by atoms with E-state index in [1.54, 1.807) is 29.7 Å². The van der Waals surface area contributed by atoms with E-state index in [0.717, 1.165) is 11.6 Å². The standard InChI is InChI=1S/C12H14N2OS/c1-9(14-12-13-6-7-16-12)8-10-2-4-11(15)5-3-10/h2-7,9,15H,8H2,1H3,(H,13,14). The predicted octanol–water partition coefficient (Wildman–Crippen LogP) is 2.89. The molecule has 1 heterocycles. The number of anilines is 1. The van der Waals surface area contributed by atoms with Crippen LogP contribution in [0.4, 0.5) is 5.13 Å². The topological polar surface area (TPSA) is 45.1 Å². The van der Waals surface area contributed by atoms with Crippen LogP contribution in [0.3, 0.4) is 0 Å². The maximum Gasteiger partial charge on any atom is 0.182 e. The quantitative estimate of drug-likeness (QED) is 0.855. The Labute approximate surface area is 98.8 Å². The molecule has 1 aromatic carbocycles. The summed E-state index contributed by atoms with van der Waals surface area (Å²) in [6.07, 6.45) is 2.71. The van der Waals surface area contributed by atoms with Crippen LogP contribution in [0.15, 0.2) is 35.8 Å². The summed E-state index contributed by atoms with van der Waals surface area (Å²) in [6.45, 7) is 2.12. The SMILES string of the molecule is CC(Cc1ccc(O)cc1)Nc1nccs1. The fourth-order valence-electron chi connectivity index (χ4n) is 1.54. The third-order valence-electron chi connectivity index (χ3n) is 2.28. The summed E-state index contributed by atoms with van der Waals surface area (Å²) in [4.78, 5) is 4.18. The molecule has 0 aliphatic rings. The number of phenolic OH excluding ortho intramolecular Hbond substituents is 1. The molecule has 84 valence electrons. The minimum absolute atomic E-state index is 0.310. The third-order valence-corrected chi connectivity index (χ3v) is 2.98. The fraction of sp³-hybridized carbons (Fsp3) is 0.250. The van der Waals surface area contributed by atoms with Gasteiger partial charge in [0.1, 0.15) is 5.75 Å². The van der Waals surface area contributed by atoms with Gasteiger partial charge in [-0.1, -0.05) is 12.1 Å². The number of aromatic nitrogens is 1. The summed E-state index contributed by atoms with van der Waals surface area (Å²) in [6, 6.07) is 7.64. The first kappa shape index (κ1) is 11.0. The lowest BCUT2D eigenvalue weighted by molar-refractivity contribution is 0.475. The first-order valence-electron chi connectivity index (χ1n) is 5.18. The summed E-state index contributed by atoms with van der Waals surface area (Å²) in [5.41, 5.74) is 1.20. The molecule has 0 bridgehead atoms. The Balaban J connectivity index is 1.92. The van der Waals surface area contributed by atoms with Crippen LogP contribution in [0.25, 0.3) is 0 Å². The molecule has 16 heavy (non-hydrogen) atoms. The molecule has 1 atom stereocenters. The van der Waals surface area contributed by atoms with Crippen molar-refractivity contribution in [2.45, 2.75) is 19.4 Å². The maximum atomic E-state index is 9.17. The van der Waals surface area contributed by atoms with Crippen LogP contribution in [-0.2, 0) is 6.42 Å². The fourth-order valence-corrected chi connectivity index (χ4v) is 2.18. The summed E-state index contributed by atoms with van der Waals surface area (Å²) in [5.74, 6) is 0.310. The van der Waals surface area contributed by atoms with Gasteiger partial charge in [0.2, 0.25) is 0 Å². The number of thiazole rings is 1. The number of aromatic hydroxyl groups is 1. The highest BCUT2D eigenvalue weighted by Crippen LogP contribution is 2.15. The van der Waals surface area contributed by atoms with Crippen molar-refractivity contribution in [2.24, 2.45) is 0 Å². The van der Waals surface area contributed by atoms with E-state index in [2.05, 4.69) is 17.2 Å². The lowest BCUT2D eigenvalue weighted by atomic mass is 10.1. The molecule has 0 aliphatic carbocycles. The number of rotatable bonds is 4. The van der Waals surface area contributed by atoms with Crippen molar-refractivity contribution in [3.63, 3.8) is 0 Å². The number of benzene rings is 1. The van der Waals surface area contributed by atoms with E-state index in [0.29, 0.717) is 11.8 Å². The zero-order chi connectivity index (χ0) is 11.4. The van der Waals surface area contributed by atoms with Crippen LogP contribution in [0.2, 0.25) is 0 Å². The molecule has 0 saturated carbocycles. The lowest BCUT2D eigenvalue weighted by Crippen LogP contribution is -2.17. The largest absolute Gasteiger partial charge is 0.508 e. The van der Waals surface area contributed by atoms with Gasteiger partial charge in [-0.25, -0.2) is 4.98 Å². The molecule has 0 aliphatic heterocycles. The van der Waals surface area contributed by atoms with Gasteiger partial charge < -0.3 is 10.4 Å². The molecular formula is C12H14N2OS. The molecule has 0 amide bonds. The lowest BCUT2D eigenvalue weighted by Gasteiger charge is -2.12. The van der Waals surface area contributed by atoms with Gasteiger partial charge >= 0.3 is 0 Å². The molecule has 1 aromatic heterocycles. The van der Waals surface area contributed by atoms with Gasteiger partial charge in [-0.3, -0.25) is 0 Å². The van der Waals surface area contributed by atoms with Crippen molar-refractivity contribution < 1.29 is 5.11 Å². The summed E-state index contributed by atoms with van der Waals surface area (Å²) in [7, 11) is 0. The van der Waals surface area contributed by atoms with Crippen LogP contribution in [0, 0.1) is 0 Å². The summed E-state index contributed by atoms with van der Waals surface area (Å²) in [5, 5.41) is 15.4. The summed E-state index contributed by atoms with van der Waals surface area (Å²) < 4.78 is 0. The van der Waals surface area contributed by atoms with E-state index in [1.165, 1.54) is 5.56 Å². The molecule has 4 heteroatoms. The van der Waals surface area contributed by atoms with Crippen molar-refractivity contribution in [1.29, 1.82) is 0 Å². The molecule has 0 fully saturated rings. The van der Waals surface area contributed by atoms with Gasteiger partial charge in [-0.05, 0) is 31.0 Å². The second kappa shape index (κ2) is 4.99. The predicted molar refractivity (Wildman–Crippen MR) is 67.0 cm³/mol. The Hall–Kier alpha value is -1.55. The van der Waals surface area contributed by atoms with Gasteiger partial charge in [0.05, 0.1) is 0 Å². The number of nitrogens with one attached hydrogen (secondary N) is 1. The Morgan fingerprint density at radius 3 is 2.75 bits per heavy atom. The number of phenols is 1. The minimum Gasteiger partial charge on any atom is -0.508 e. The normalized spacial score (nSPS) is 12.3. The monoisotopic (exact) mass is 234 g/mol. The highest BCUT2D eigenvalue weighted by Gasteiger charge is 2.04. The Bertz CT molecular complexity index is 425. The number of hydrogen-bond donors (Lipinski definition) is 2. The maximum absolute atomic E-state index is 9.17. The van der Waals surface area contributed by atoms with Gasteiger partial charge in [0, 0.05) is 17.6 Å². The molecular weight excluding hydrogens is 220 g/mol. The molecule has 2 aromatic rings. The van der Waals surface area contributed by atoms with Crippen LogP contribution in [0.5, 0.6) is 5.75 Å². The first-order chi connectivity index (χ1) is 7.74. The van der Waals surface area contributed by atoms with Crippen molar-refractivity contribution in [3.05, 3.63) is 41.4 Å². The molecule has 0 radical (unpaired) electrons. The van der Waals surface area contributed by atoms with Crippen LogP contribution >= 0.6 is 11.3 Å². The van der Waals surface area contributed by atoms with Crippen molar-refractivity contribution in [3.8, 4) is 5.75 Å². The molecule has 2 rings (SSSR count).